The van der Waals surface area contributed by atoms with Gasteiger partial charge in [-0.05, 0) is 35.6 Å². The number of carbonyl (C=O) groups is 1. The van der Waals surface area contributed by atoms with E-state index in [1.165, 1.54) is 25.7 Å². The van der Waals surface area contributed by atoms with E-state index in [0.717, 1.165) is 23.2 Å². The van der Waals surface area contributed by atoms with Crippen molar-refractivity contribution in [1.82, 2.24) is 4.90 Å². The van der Waals surface area contributed by atoms with Crippen LogP contribution >= 0.6 is 0 Å². The van der Waals surface area contributed by atoms with Gasteiger partial charge in [-0.15, -0.1) is 0 Å². The Hall–Kier alpha value is -1.55. The van der Waals surface area contributed by atoms with Crippen LogP contribution in [0.15, 0.2) is 18.2 Å². The van der Waals surface area contributed by atoms with Crippen LogP contribution in [0.3, 0.4) is 0 Å². The maximum absolute atomic E-state index is 11.6. The molecule has 108 valence electrons. The Morgan fingerprint density at radius 1 is 1.40 bits per heavy atom. The zero-order valence-electron chi connectivity index (χ0n) is 11.9. The Morgan fingerprint density at radius 2 is 2.15 bits per heavy atom. The van der Waals surface area contributed by atoms with Crippen LogP contribution in [0.2, 0.25) is 0 Å². The molecule has 1 unspecified atom stereocenters. The molecule has 1 saturated carbocycles. The second-order valence-corrected chi connectivity index (χ2v) is 6.10. The average Bonchev–Trinajstić information content (AvgIpc) is 2.92. The van der Waals surface area contributed by atoms with Gasteiger partial charge in [0.25, 0.3) is 0 Å². The second-order valence-electron chi connectivity index (χ2n) is 6.10. The van der Waals surface area contributed by atoms with E-state index in [2.05, 4.69) is 5.32 Å². The van der Waals surface area contributed by atoms with Gasteiger partial charge in [0.1, 0.15) is 0 Å². The summed E-state index contributed by atoms with van der Waals surface area (Å²) in [6, 6.07) is 5.80. The summed E-state index contributed by atoms with van der Waals surface area (Å²) < 4.78 is 0. The quantitative estimate of drug-likeness (QED) is 0.888. The molecule has 0 saturated heterocycles. The highest BCUT2D eigenvalue weighted by Gasteiger charge is 2.23. The number of aliphatic hydroxyl groups excluding tert-OH is 1. The lowest BCUT2D eigenvalue weighted by Gasteiger charge is -2.27. The molecule has 4 nitrogen and oxygen atoms in total. The van der Waals surface area contributed by atoms with E-state index < -0.39 is 0 Å². The van der Waals surface area contributed by atoms with Gasteiger partial charge in [0.2, 0.25) is 0 Å². The molecule has 1 aromatic carbocycles. The van der Waals surface area contributed by atoms with Crippen molar-refractivity contribution in [3.8, 4) is 0 Å². The SMILES string of the molecule is CN1Cc2cc(C(O)CC3CCCC3)ccc2NC1=O. The van der Waals surface area contributed by atoms with Gasteiger partial charge in [-0.1, -0.05) is 31.7 Å². The first-order valence-corrected chi connectivity index (χ1v) is 7.46. The smallest absolute Gasteiger partial charge is 0.321 e. The van der Waals surface area contributed by atoms with Crippen LogP contribution < -0.4 is 5.32 Å². The van der Waals surface area contributed by atoms with Crippen molar-refractivity contribution >= 4 is 11.7 Å². The Bertz CT molecular complexity index is 509. The highest BCUT2D eigenvalue weighted by Crippen LogP contribution is 2.34. The number of anilines is 1. The van der Waals surface area contributed by atoms with Gasteiger partial charge in [-0.25, -0.2) is 4.79 Å². The van der Waals surface area contributed by atoms with Crippen LogP contribution in [0, 0.1) is 5.92 Å². The van der Waals surface area contributed by atoms with Crippen molar-refractivity contribution in [3.05, 3.63) is 29.3 Å². The summed E-state index contributed by atoms with van der Waals surface area (Å²) in [6.45, 7) is 0.602. The molecule has 1 aromatic rings. The number of fused-ring (bicyclic) bond motifs is 1. The van der Waals surface area contributed by atoms with E-state index in [1.807, 2.05) is 18.2 Å². The number of nitrogens with zero attached hydrogens (tertiary/aromatic N) is 1. The third-order valence-corrected chi connectivity index (χ3v) is 4.54. The van der Waals surface area contributed by atoms with E-state index in [4.69, 9.17) is 0 Å². The molecule has 2 N–H and O–H groups in total. The summed E-state index contributed by atoms with van der Waals surface area (Å²) in [5.41, 5.74) is 2.92. The van der Waals surface area contributed by atoms with Crippen molar-refractivity contribution in [2.75, 3.05) is 12.4 Å². The first-order chi connectivity index (χ1) is 9.63. The van der Waals surface area contributed by atoms with E-state index in [1.54, 1.807) is 11.9 Å². The molecule has 4 heteroatoms. The Kier molecular flexibility index (Phi) is 3.66. The fourth-order valence-electron chi connectivity index (χ4n) is 3.31. The Labute approximate surface area is 119 Å². The molecule has 2 aliphatic rings. The van der Waals surface area contributed by atoms with Gasteiger partial charge in [0, 0.05) is 19.3 Å². The largest absolute Gasteiger partial charge is 0.388 e. The van der Waals surface area contributed by atoms with Crippen LogP contribution in [-0.4, -0.2) is 23.1 Å². The third-order valence-electron chi connectivity index (χ3n) is 4.54. The van der Waals surface area contributed by atoms with E-state index >= 15 is 0 Å². The van der Waals surface area contributed by atoms with Crippen molar-refractivity contribution in [2.45, 2.75) is 44.8 Å². The fraction of sp³-hybridized carbons (Fsp3) is 0.562. The van der Waals surface area contributed by atoms with Gasteiger partial charge in [-0.2, -0.15) is 0 Å². The molecule has 1 aliphatic heterocycles. The van der Waals surface area contributed by atoms with Crippen LogP contribution in [0.1, 0.15) is 49.3 Å². The lowest BCUT2D eigenvalue weighted by atomic mass is 9.94. The zero-order valence-corrected chi connectivity index (χ0v) is 11.9. The molecule has 0 spiro atoms. The molecule has 0 aromatic heterocycles. The molecule has 1 atom stereocenters. The molecule has 20 heavy (non-hydrogen) atoms. The monoisotopic (exact) mass is 274 g/mol. The molecule has 1 heterocycles. The van der Waals surface area contributed by atoms with Crippen molar-refractivity contribution < 1.29 is 9.90 Å². The number of hydrogen-bond donors (Lipinski definition) is 2. The minimum Gasteiger partial charge on any atom is -0.388 e. The maximum atomic E-state index is 11.6. The number of nitrogens with one attached hydrogen (secondary N) is 1. The zero-order chi connectivity index (χ0) is 14.1. The number of aliphatic hydroxyl groups is 1. The topological polar surface area (TPSA) is 52.6 Å². The molecule has 2 amide bonds. The summed E-state index contributed by atoms with van der Waals surface area (Å²) in [5, 5.41) is 13.3. The number of hydrogen-bond acceptors (Lipinski definition) is 2. The van der Waals surface area contributed by atoms with Gasteiger partial charge in [0.05, 0.1) is 6.10 Å². The van der Waals surface area contributed by atoms with E-state index in [0.29, 0.717) is 12.5 Å². The first-order valence-electron chi connectivity index (χ1n) is 7.46. The van der Waals surface area contributed by atoms with Gasteiger partial charge >= 0.3 is 6.03 Å². The predicted molar refractivity (Wildman–Crippen MR) is 78.5 cm³/mol. The molecule has 0 bridgehead atoms. The van der Waals surface area contributed by atoms with Crippen LogP contribution in [0.4, 0.5) is 10.5 Å². The number of benzene rings is 1. The average molecular weight is 274 g/mol. The fourth-order valence-corrected chi connectivity index (χ4v) is 3.31. The molecule has 1 fully saturated rings. The normalized spacial score (nSPS) is 20.7. The molecular formula is C16H22N2O2. The summed E-state index contributed by atoms with van der Waals surface area (Å²) in [6.07, 6.45) is 5.59. The molecule has 3 rings (SSSR count). The summed E-state index contributed by atoms with van der Waals surface area (Å²) >= 11 is 0. The summed E-state index contributed by atoms with van der Waals surface area (Å²) in [5.74, 6) is 0.670. The number of amides is 2. The van der Waals surface area contributed by atoms with Crippen molar-refractivity contribution in [1.29, 1.82) is 0 Å². The summed E-state index contributed by atoms with van der Waals surface area (Å²) in [7, 11) is 1.78. The standard InChI is InChI=1S/C16H22N2O2/c1-18-10-13-9-12(6-7-14(13)17-16(18)20)15(19)8-11-4-2-3-5-11/h6-7,9,11,15,19H,2-5,8,10H2,1H3,(H,17,20). The summed E-state index contributed by atoms with van der Waals surface area (Å²) in [4.78, 5) is 13.2. The Morgan fingerprint density at radius 3 is 2.90 bits per heavy atom. The minimum atomic E-state index is -0.383. The lowest BCUT2D eigenvalue weighted by molar-refractivity contribution is 0.144. The first kappa shape index (κ1) is 13.4. The van der Waals surface area contributed by atoms with Gasteiger partial charge in [0.15, 0.2) is 0 Å². The molecular weight excluding hydrogens is 252 g/mol. The van der Waals surface area contributed by atoms with Crippen molar-refractivity contribution in [2.24, 2.45) is 5.92 Å². The number of rotatable bonds is 3. The minimum absolute atomic E-state index is 0.0724. The van der Waals surface area contributed by atoms with E-state index in [-0.39, 0.29) is 12.1 Å². The van der Waals surface area contributed by atoms with Crippen LogP contribution in [0.5, 0.6) is 0 Å². The maximum Gasteiger partial charge on any atom is 0.321 e. The predicted octanol–water partition coefficient (Wildman–Crippen LogP) is 3.28. The van der Waals surface area contributed by atoms with Crippen LogP contribution in [0.25, 0.3) is 0 Å². The Balaban J connectivity index is 1.74. The number of carbonyl (C=O) groups excluding carboxylic acids is 1. The molecule has 1 aliphatic carbocycles. The number of urea groups is 1. The van der Waals surface area contributed by atoms with Gasteiger partial charge < -0.3 is 15.3 Å². The van der Waals surface area contributed by atoms with Crippen LogP contribution in [-0.2, 0) is 6.54 Å². The third kappa shape index (κ3) is 2.66. The van der Waals surface area contributed by atoms with Gasteiger partial charge in [-0.3, -0.25) is 0 Å². The highest BCUT2D eigenvalue weighted by molar-refractivity contribution is 5.92. The highest BCUT2D eigenvalue weighted by atomic mass is 16.3. The van der Waals surface area contributed by atoms with Crippen molar-refractivity contribution in [3.63, 3.8) is 0 Å². The lowest BCUT2D eigenvalue weighted by Crippen LogP contribution is -2.35. The molecule has 0 radical (unpaired) electrons. The van der Waals surface area contributed by atoms with E-state index in [9.17, 15) is 9.90 Å². The second kappa shape index (κ2) is 5.44.